The van der Waals surface area contributed by atoms with E-state index in [2.05, 4.69) is 4.98 Å². The predicted molar refractivity (Wildman–Crippen MR) is 93.1 cm³/mol. The third kappa shape index (κ3) is 4.61. The van der Waals surface area contributed by atoms with Gasteiger partial charge in [0.15, 0.2) is 11.6 Å². The molecule has 0 amide bonds. The second-order valence-electron chi connectivity index (χ2n) is 5.78. The van der Waals surface area contributed by atoms with Gasteiger partial charge in [-0.1, -0.05) is 22.9 Å². The third-order valence-electron chi connectivity index (χ3n) is 3.88. The molecule has 1 heterocycles. The van der Waals surface area contributed by atoms with E-state index in [9.17, 15) is 9.18 Å². The number of nitrogens with zero attached hydrogens (tertiary/aromatic N) is 1. The molecule has 134 valence electrons. The van der Waals surface area contributed by atoms with Crippen LogP contribution in [0.4, 0.5) is 4.39 Å². The van der Waals surface area contributed by atoms with Crippen LogP contribution in [-0.2, 0) is 4.79 Å². The van der Waals surface area contributed by atoms with Gasteiger partial charge in [0.2, 0.25) is 0 Å². The molecule has 0 spiro atoms. The molecule has 1 N–H and O–H groups in total. The topological polar surface area (TPSA) is 68.7 Å². The lowest BCUT2D eigenvalue weighted by molar-refractivity contribution is -0.137. The Morgan fingerprint density at radius 3 is 2.88 bits per heavy atom. The third-order valence-corrected chi connectivity index (χ3v) is 4.89. The molecule has 3 rings (SSSR count). The van der Waals surface area contributed by atoms with Crippen LogP contribution in [-0.4, -0.2) is 28.8 Å². The second-order valence-corrected chi connectivity index (χ2v) is 7.01. The van der Waals surface area contributed by atoms with Crippen molar-refractivity contribution < 1.29 is 23.8 Å². The Bertz CT molecular complexity index is 740. The van der Waals surface area contributed by atoms with Crippen molar-refractivity contribution in [1.82, 2.24) is 4.98 Å². The van der Waals surface area contributed by atoms with E-state index in [-0.39, 0.29) is 36.3 Å². The number of carboxylic acid groups (broad SMARTS) is 1. The molecule has 25 heavy (non-hydrogen) atoms. The van der Waals surface area contributed by atoms with Crippen LogP contribution in [0.2, 0.25) is 5.02 Å². The van der Waals surface area contributed by atoms with Crippen molar-refractivity contribution in [3.05, 3.63) is 28.4 Å². The average Bonchev–Trinajstić information content (AvgIpc) is 2.98. The molecule has 1 saturated carbocycles. The van der Waals surface area contributed by atoms with Gasteiger partial charge in [0.25, 0.3) is 5.19 Å². The summed E-state index contributed by atoms with van der Waals surface area (Å²) in [7, 11) is 0. The summed E-state index contributed by atoms with van der Waals surface area (Å²) >= 11 is 7.48. The smallest absolute Gasteiger partial charge is 0.303 e. The van der Waals surface area contributed by atoms with Gasteiger partial charge in [-0.15, -0.1) is 0 Å². The first-order valence-electron chi connectivity index (χ1n) is 7.99. The quantitative estimate of drug-likeness (QED) is 0.662. The number of hydrogen-bond acceptors (Lipinski definition) is 5. The van der Waals surface area contributed by atoms with Crippen LogP contribution < -0.4 is 9.47 Å². The lowest BCUT2D eigenvalue weighted by Crippen LogP contribution is -2.24. The first-order chi connectivity index (χ1) is 12.0. The molecule has 0 aliphatic heterocycles. The van der Waals surface area contributed by atoms with E-state index in [1.807, 2.05) is 0 Å². The van der Waals surface area contributed by atoms with Gasteiger partial charge in [0.1, 0.15) is 6.10 Å². The summed E-state index contributed by atoms with van der Waals surface area (Å²) in [6, 6.07) is 2.89. The largest absolute Gasteiger partial charge is 0.489 e. The number of aromatic nitrogens is 1. The van der Waals surface area contributed by atoms with Crippen molar-refractivity contribution in [2.75, 3.05) is 6.61 Å². The van der Waals surface area contributed by atoms with Crippen molar-refractivity contribution in [1.29, 1.82) is 0 Å². The molecule has 0 bridgehead atoms. The van der Waals surface area contributed by atoms with Gasteiger partial charge >= 0.3 is 5.97 Å². The normalized spacial score (nSPS) is 14.2. The maximum atomic E-state index is 14.3. The number of hydrogen-bond donors (Lipinski definition) is 1. The van der Waals surface area contributed by atoms with Gasteiger partial charge < -0.3 is 14.6 Å². The Kier molecular flexibility index (Phi) is 5.75. The zero-order chi connectivity index (χ0) is 17.8. The van der Waals surface area contributed by atoms with Crippen molar-refractivity contribution >= 4 is 28.9 Å². The van der Waals surface area contributed by atoms with Gasteiger partial charge in [-0.3, -0.25) is 4.79 Å². The molecule has 1 aliphatic carbocycles. The van der Waals surface area contributed by atoms with E-state index in [1.54, 1.807) is 11.4 Å². The first kappa shape index (κ1) is 17.9. The van der Waals surface area contributed by atoms with E-state index in [0.29, 0.717) is 16.5 Å². The van der Waals surface area contributed by atoms with Crippen LogP contribution in [0.3, 0.4) is 0 Å². The van der Waals surface area contributed by atoms with Crippen molar-refractivity contribution in [2.24, 2.45) is 0 Å². The minimum absolute atomic E-state index is 0.0417. The van der Waals surface area contributed by atoms with Crippen molar-refractivity contribution in [2.45, 2.75) is 38.2 Å². The fraction of sp³-hybridized carbons (Fsp3) is 0.412. The molecule has 8 heteroatoms. The average molecular weight is 386 g/mol. The van der Waals surface area contributed by atoms with Gasteiger partial charge in [-0.05, 0) is 37.8 Å². The van der Waals surface area contributed by atoms with Crippen LogP contribution in [0.5, 0.6) is 10.9 Å². The Hall–Kier alpha value is -1.86. The number of carbonyl (C=O) groups is 1. The summed E-state index contributed by atoms with van der Waals surface area (Å²) < 4.78 is 25.3. The number of rotatable bonds is 8. The number of carboxylic acids is 1. The lowest BCUT2D eigenvalue weighted by atomic mass is 9.96. The minimum atomic E-state index is -0.922. The molecule has 1 aromatic carbocycles. The summed E-state index contributed by atoms with van der Waals surface area (Å²) in [4.78, 5) is 14.8. The van der Waals surface area contributed by atoms with Crippen molar-refractivity contribution in [3.8, 4) is 22.2 Å². The molecule has 2 aromatic rings. The van der Waals surface area contributed by atoms with E-state index in [1.165, 1.54) is 23.8 Å². The van der Waals surface area contributed by atoms with E-state index in [4.69, 9.17) is 26.2 Å². The highest BCUT2D eigenvalue weighted by molar-refractivity contribution is 7.11. The summed E-state index contributed by atoms with van der Waals surface area (Å²) in [5.74, 6) is -1.60. The molecule has 0 radical (unpaired) electrons. The number of thiazole rings is 1. The predicted octanol–water partition coefficient (Wildman–Crippen LogP) is 4.78. The second kappa shape index (κ2) is 8.01. The van der Waals surface area contributed by atoms with Gasteiger partial charge in [-0.2, -0.15) is 0 Å². The van der Waals surface area contributed by atoms with Gasteiger partial charge in [0, 0.05) is 17.4 Å². The fourth-order valence-electron chi connectivity index (χ4n) is 2.32. The van der Waals surface area contributed by atoms with Crippen LogP contribution >= 0.6 is 22.9 Å². The standard InChI is InChI=1S/C17H17ClFNO4S/c18-12-7-10(8-13(19)16(12)23-6-2-5-15(21)22)14-9-25-17(20-14)24-11-3-1-4-11/h7-9,11H,1-6H2,(H,21,22). The van der Waals surface area contributed by atoms with Crippen molar-refractivity contribution in [3.63, 3.8) is 0 Å². The molecular formula is C17H17ClFNO4S. The Morgan fingerprint density at radius 1 is 1.44 bits per heavy atom. The Balaban J connectivity index is 1.67. The van der Waals surface area contributed by atoms with E-state index >= 15 is 0 Å². The van der Waals surface area contributed by atoms with Crippen LogP contribution in [0.25, 0.3) is 11.3 Å². The Labute approximate surface area is 153 Å². The van der Waals surface area contributed by atoms with Crippen LogP contribution in [0, 0.1) is 5.82 Å². The Morgan fingerprint density at radius 2 is 2.24 bits per heavy atom. The van der Waals surface area contributed by atoms with E-state index in [0.717, 1.165) is 12.8 Å². The monoisotopic (exact) mass is 385 g/mol. The highest BCUT2D eigenvalue weighted by Gasteiger charge is 2.21. The lowest BCUT2D eigenvalue weighted by Gasteiger charge is -2.24. The van der Waals surface area contributed by atoms with Crippen LogP contribution in [0.15, 0.2) is 17.5 Å². The summed E-state index contributed by atoms with van der Waals surface area (Å²) in [6.07, 6.45) is 3.74. The maximum Gasteiger partial charge on any atom is 0.303 e. The molecular weight excluding hydrogens is 369 g/mol. The zero-order valence-electron chi connectivity index (χ0n) is 13.3. The van der Waals surface area contributed by atoms with Crippen LogP contribution in [0.1, 0.15) is 32.1 Å². The zero-order valence-corrected chi connectivity index (χ0v) is 14.9. The number of benzene rings is 1. The molecule has 5 nitrogen and oxygen atoms in total. The molecule has 1 fully saturated rings. The SMILES string of the molecule is O=C(O)CCCOc1c(F)cc(-c2csc(OC3CCC3)n2)cc1Cl. The highest BCUT2D eigenvalue weighted by atomic mass is 35.5. The molecule has 0 saturated heterocycles. The molecule has 1 aliphatic rings. The first-order valence-corrected chi connectivity index (χ1v) is 9.25. The van der Waals surface area contributed by atoms with Gasteiger partial charge in [0.05, 0.1) is 17.3 Å². The highest BCUT2D eigenvalue weighted by Crippen LogP contribution is 2.36. The number of ether oxygens (including phenoxy) is 2. The summed E-state index contributed by atoms with van der Waals surface area (Å²) in [6.45, 7) is 0.0817. The number of aliphatic carboxylic acids is 1. The van der Waals surface area contributed by atoms with Gasteiger partial charge in [-0.25, -0.2) is 9.37 Å². The number of halogens is 2. The summed E-state index contributed by atoms with van der Waals surface area (Å²) in [5.41, 5.74) is 1.14. The van der Waals surface area contributed by atoms with E-state index < -0.39 is 11.8 Å². The summed E-state index contributed by atoms with van der Waals surface area (Å²) in [5, 5.41) is 11.1. The molecule has 0 unspecified atom stereocenters. The fourth-order valence-corrected chi connectivity index (χ4v) is 3.32. The molecule has 0 atom stereocenters. The minimum Gasteiger partial charge on any atom is -0.489 e. The maximum absolute atomic E-state index is 14.3. The molecule has 1 aromatic heterocycles.